The smallest absolute Gasteiger partial charge is 0.414 e. The van der Waals surface area contributed by atoms with Crippen molar-refractivity contribution in [3.05, 3.63) is 23.8 Å². The fraction of sp³-hybridized carbons (Fsp3) is 0.438. The van der Waals surface area contributed by atoms with Crippen LogP contribution in [0.4, 0.5) is 29.7 Å². The summed E-state index contributed by atoms with van der Waals surface area (Å²) >= 11 is 0. The Hall–Kier alpha value is -3.11. The third kappa shape index (κ3) is 3.86. The lowest BCUT2D eigenvalue weighted by atomic mass is 10.1. The standard InChI is InChI=1S/C16H18F2N4O5/c1-25-15(23)19-5-11-8-22(16(24)27-11)10-3-12(17)14(13(18)4-10)21-6-9(7-21)20-26-2/h3-4,11H,5-8H2,1-2H3,(H,19,23)/t11-/m0/s1. The zero-order valence-corrected chi connectivity index (χ0v) is 14.7. The first kappa shape index (κ1) is 18.7. The summed E-state index contributed by atoms with van der Waals surface area (Å²) in [6.07, 6.45) is -2.08. The van der Waals surface area contributed by atoms with E-state index in [-0.39, 0.29) is 37.6 Å². The van der Waals surface area contributed by atoms with Crippen LogP contribution < -0.4 is 15.1 Å². The topological polar surface area (TPSA) is 92.7 Å². The number of nitrogens with zero attached hydrogens (tertiary/aromatic N) is 3. The molecule has 1 atom stereocenters. The van der Waals surface area contributed by atoms with Gasteiger partial charge in [0.2, 0.25) is 0 Å². The van der Waals surface area contributed by atoms with Gasteiger partial charge in [0, 0.05) is 12.1 Å². The molecular weight excluding hydrogens is 366 g/mol. The number of ether oxygens (including phenoxy) is 2. The van der Waals surface area contributed by atoms with Gasteiger partial charge in [0.25, 0.3) is 0 Å². The van der Waals surface area contributed by atoms with E-state index in [0.717, 1.165) is 17.0 Å². The molecule has 0 radical (unpaired) electrons. The van der Waals surface area contributed by atoms with Gasteiger partial charge >= 0.3 is 12.2 Å². The van der Waals surface area contributed by atoms with Gasteiger partial charge in [0.05, 0.1) is 44.7 Å². The second-order valence-corrected chi connectivity index (χ2v) is 5.94. The summed E-state index contributed by atoms with van der Waals surface area (Å²) in [5.41, 5.74) is 0.514. The molecule has 2 heterocycles. The summed E-state index contributed by atoms with van der Waals surface area (Å²) in [7, 11) is 2.60. The van der Waals surface area contributed by atoms with Crippen LogP contribution in [0.25, 0.3) is 0 Å². The number of nitrogens with one attached hydrogen (secondary N) is 1. The largest absolute Gasteiger partial charge is 0.453 e. The number of methoxy groups -OCH3 is 1. The van der Waals surface area contributed by atoms with E-state index in [2.05, 4.69) is 20.0 Å². The number of alkyl carbamates (subject to hydrolysis) is 1. The van der Waals surface area contributed by atoms with Gasteiger partial charge in [0.1, 0.15) is 18.9 Å². The molecule has 0 saturated carbocycles. The van der Waals surface area contributed by atoms with E-state index < -0.39 is 29.9 Å². The first-order chi connectivity index (χ1) is 12.9. The molecule has 0 aliphatic carbocycles. The Bertz CT molecular complexity index is 757. The summed E-state index contributed by atoms with van der Waals surface area (Å²) in [6.45, 7) is 0.574. The molecule has 0 spiro atoms. The van der Waals surface area contributed by atoms with Gasteiger partial charge in [-0.05, 0) is 0 Å². The third-order valence-corrected chi connectivity index (χ3v) is 4.13. The van der Waals surface area contributed by atoms with Gasteiger partial charge < -0.3 is 24.5 Å². The van der Waals surface area contributed by atoms with Crippen LogP contribution in [0.1, 0.15) is 0 Å². The van der Waals surface area contributed by atoms with Gasteiger partial charge in [-0.3, -0.25) is 4.90 Å². The van der Waals surface area contributed by atoms with Crippen LogP contribution >= 0.6 is 0 Å². The predicted molar refractivity (Wildman–Crippen MR) is 91.0 cm³/mol. The number of oxime groups is 1. The Kier molecular flexibility index (Phi) is 5.28. The minimum Gasteiger partial charge on any atom is -0.453 e. The highest BCUT2D eigenvalue weighted by Gasteiger charge is 2.35. The van der Waals surface area contributed by atoms with E-state index in [9.17, 15) is 18.4 Å². The number of hydrogen-bond donors (Lipinski definition) is 1. The number of carbonyl (C=O) groups excluding carboxylic acids is 2. The molecule has 2 aliphatic heterocycles. The molecule has 3 rings (SSSR count). The SMILES string of the molecule is CON=C1CN(c2c(F)cc(N3C[C@H](CNC(=O)OC)OC3=O)cc2F)C1. The molecular formula is C16H18F2N4O5. The van der Waals surface area contributed by atoms with Gasteiger partial charge in [0.15, 0.2) is 11.6 Å². The Morgan fingerprint density at radius 3 is 2.59 bits per heavy atom. The number of rotatable bonds is 5. The Labute approximate surface area is 153 Å². The normalized spacial score (nSPS) is 18.7. The number of carbonyl (C=O) groups is 2. The van der Waals surface area contributed by atoms with E-state index in [1.165, 1.54) is 19.1 Å². The molecule has 9 nitrogen and oxygen atoms in total. The first-order valence-corrected chi connectivity index (χ1v) is 8.05. The van der Waals surface area contributed by atoms with Crippen molar-refractivity contribution in [2.75, 3.05) is 50.2 Å². The lowest BCUT2D eigenvalue weighted by Gasteiger charge is -2.34. The van der Waals surface area contributed by atoms with Crippen molar-refractivity contribution >= 4 is 29.3 Å². The van der Waals surface area contributed by atoms with Crippen LogP contribution in [-0.4, -0.2) is 64.4 Å². The maximum atomic E-state index is 14.5. The fourth-order valence-corrected chi connectivity index (χ4v) is 2.86. The first-order valence-electron chi connectivity index (χ1n) is 8.05. The monoisotopic (exact) mass is 384 g/mol. The molecule has 0 aromatic heterocycles. The second kappa shape index (κ2) is 7.64. The summed E-state index contributed by atoms with van der Waals surface area (Å²) in [4.78, 5) is 30.3. The van der Waals surface area contributed by atoms with Crippen LogP contribution in [0.2, 0.25) is 0 Å². The number of cyclic esters (lactones) is 1. The third-order valence-electron chi connectivity index (χ3n) is 4.13. The van der Waals surface area contributed by atoms with Gasteiger partial charge in [-0.15, -0.1) is 0 Å². The van der Waals surface area contributed by atoms with Crippen LogP contribution in [0.15, 0.2) is 17.3 Å². The fourth-order valence-electron chi connectivity index (χ4n) is 2.86. The molecule has 1 aromatic carbocycles. The minimum atomic E-state index is -0.801. The highest BCUT2D eigenvalue weighted by atomic mass is 19.1. The molecule has 2 aliphatic rings. The Morgan fingerprint density at radius 2 is 2.00 bits per heavy atom. The summed E-state index contributed by atoms with van der Waals surface area (Å²) in [6, 6.07) is 2.14. The van der Waals surface area contributed by atoms with Crippen LogP contribution in [0.3, 0.4) is 0 Å². The van der Waals surface area contributed by atoms with Crippen molar-refractivity contribution in [3.63, 3.8) is 0 Å². The average Bonchev–Trinajstić information content (AvgIpc) is 2.97. The molecule has 146 valence electrons. The zero-order chi connectivity index (χ0) is 19.6. The predicted octanol–water partition coefficient (Wildman–Crippen LogP) is 1.47. The van der Waals surface area contributed by atoms with Crippen LogP contribution in [0.5, 0.6) is 0 Å². The highest BCUT2D eigenvalue weighted by molar-refractivity contribution is 5.99. The van der Waals surface area contributed by atoms with E-state index in [0.29, 0.717) is 5.71 Å². The minimum absolute atomic E-state index is 0.0212. The van der Waals surface area contributed by atoms with E-state index in [4.69, 9.17) is 4.74 Å². The van der Waals surface area contributed by atoms with Crippen molar-refractivity contribution in [1.82, 2.24) is 5.32 Å². The lowest BCUT2D eigenvalue weighted by molar-refractivity contribution is 0.132. The Morgan fingerprint density at radius 1 is 1.33 bits per heavy atom. The molecule has 27 heavy (non-hydrogen) atoms. The van der Waals surface area contributed by atoms with Crippen molar-refractivity contribution in [3.8, 4) is 0 Å². The van der Waals surface area contributed by atoms with Crippen molar-refractivity contribution < 1.29 is 32.7 Å². The molecule has 11 heteroatoms. The molecule has 0 bridgehead atoms. The molecule has 2 amide bonds. The summed E-state index contributed by atoms with van der Waals surface area (Å²) in [5, 5.41) is 6.12. The molecule has 2 saturated heterocycles. The van der Waals surface area contributed by atoms with Gasteiger partial charge in [-0.25, -0.2) is 18.4 Å². The summed E-state index contributed by atoms with van der Waals surface area (Å²) in [5.74, 6) is -1.60. The molecule has 0 unspecified atom stereocenters. The number of hydrogen-bond acceptors (Lipinski definition) is 7. The van der Waals surface area contributed by atoms with Crippen molar-refractivity contribution in [2.45, 2.75) is 6.10 Å². The van der Waals surface area contributed by atoms with Crippen molar-refractivity contribution in [1.29, 1.82) is 0 Å². The average molecular weight is 384 g/mol. The van der Waals surface area contributed by atoms with E-state index >= 15 is 0 Å². The second-order valence-electron chi connectivity index (χ2n) is 5.94. The highest BCUT2D eigenvalue weighted by Crippen LogP contribution is 2.32. The maximum absolute atomic E-state index is 14.5. The Balaban J connectivity index is 1.70. The number of benzene rings is 1. The van der Waals surface area contributed by atoms with Crippen LogP contribution in [-0.2, 0) is 14.3 Å². The van der Waals surface area contributed by atoms with Gasteiger partial charge in [-0.1, -0.05) is 5.16 Å². The summed E-state index contributed by atoms with van der Waals surface area (Å²) < 4.78 is 38.5. The molecule has 1 N–H and O–H groups in total. The number of halogens is 2. The van der Waals surface area contributed by atoms with Crippen LogP contribution in [0, 0.1) is 11.6 Å². The van der Waals surface area contributed by atoms with Gasteiger partial charge in [-0.2, -0.15) is 0 Å². The number of amides is 2. The number of anilines is 2. The zero-order valence-electron chi connectivity index (χ0n) is 14.7. The van der Waals surface area contributed by atoms with E-state index in [1.54, 1.807) is 0 Å². The molecule has 2 fully saturated rings. The van der Waals surface area contributed by atoms with Crippen molar-refractivity contribution in [2.24, 2.45) is 5.16 Å². The maximum Gasteiger partial charge on any atom is 0.414 e. The quantitative estimate of drug-likeness (QED) is 0.773. The lowest BCUT2D eigenvalue weighted by Crippen LogP contribution is -2.48. The molecule has 1 aromatic rings. The van der Waals surface area contributed by atoms with E-state index in [1.807, 2.05) is 0 Å².